The van der Waals surface area contributed by atoms with E-state index in [2.05, 4.69) is 10.1 Å². The first-order valence-electron chi connectivity index (χ1n) is 5.19. The highest BCUT2D eigenvalue weighted by Gasteiger charge is 1.96. The van der Waals surface area contributed by atoms with Gasteiger partial charge in [-0.1, -0.05) is 35.5 Å². The molecule has 2 rings (SSSR count). The van der Waals surface area contributed by atoms with Crippen LogP contribution in [0.25, 0.3) is 0 Å². The van der Waals surface area contributed by atoms with Gasteiger partial charge in [-0.15, -0.1) is 0 Å². The molecule has 0 saturated carbocycles. The summed E-state index contributed by atoms with van der Waals surface area (Å²) in [5.41, 5.74) is 1.43. The quantitative estimate of drug-likeness (QED) is 0.645. The number of aromatic nitrogens is 1. The molecule has 17 heavy (non-hydrogen) atoms. The molecule has 0 fully saturated rings. The van der Waals surface area contributed by atoms with E-state index >= 15 is 0 Å². The molecule has 1 heterocycles. The van der Waals surface area contributed by atoms with Gasteiger partial charge in [0, 0.05) is 6.20 Å². The number of pyridine rings is 1. The SMILES string of the molecule is Oc1cccnc1C=NOCc1ccccc1. The second kappa shape index (κ2) is 5.65. The van der Waals surface area contributed by atoms with Gasteiger partial charge >= 0.3 is 0 Å². The van der Waals surface area contributed by atoms with E-state index in [0.29, 0.717) is 12.3 Å². The summed E-state index contributed by atoms with van der Waals surface area (Å²) in [6, 6.07) is 12.9. The maximum absolute atomic E-state index is 9.42. The zero-order valence-corrected chi connectivity index (χ0v) is 9.15. The number of benzene rings is 1. The zero-order chi connectivity index (χ0) is 11.9. The van der Waals surface area contributed by atoms with Crippen molar-refractivity contribution in [3.05, 3.63) is 59.9 Å². The Morgan fingerprint density at radius 2 is 2.00 bits per heavy atom. The highest BCUT2D eigenvalue weighted by Crippen LogP contribution is 2.09. The zero-order valence-electron chi connectivity index (χ0n) is 9.15. The third-order valence-electron chi connectivity index (χ3n) is 2.14. The van der Waals surface area contributed by atoms with Gasteiger partial charge in [0.2, 0.25) is 0 Å². The van der Waals surface area contributed by atoms with Crippen LogP contribution in [0.1, 0.15) is 11.3 Å². The molecule has 1 aromatic carbocycles. The van der Waals surface area contributed by atoms with E-state index in [1.165, 1.54) is 6.21 Å². The largest absolute Gasteiger partial charge is 0.506 e. The van der Waals surface area contributed by atoms with Crippen LogP contribution in [0.15, 0.2) is 53.8 Å². The van der Waals surface area contributed by atoms with Gasteiger partial charge in [0.05, 0.1) is 6.21 Å². The minimum absolute atomic E-state index is 0.0829. The fourth-order valence-electron chi connectivity index (χ4n) is 1.28. The summed E-state index contributed by atoms with van der Waals surface area (Å²) in [7, 11) is 0. The summed E-state index contributed by atoms with van der Waals surface area (Å²) in [4.78, 5) is 9.04. The summed E-state index contributed by atoms with van der Waals surface area (Å²) in [5, 5.41) is 13.2. The number of hydrogen-bond acceptors (Lipinski definition) is 4. The molecule has 4 nitrogen and oxygen atoms in total. The Balaban J connectivity index is 1.89. The predicted octanol–water partition coefficient (Wildman–Crippen LogP) is 2.34. The van der Waals surface area contributed by atoms with Crippen LogP contribution >= 0.6 is 0 Å². The molecule has 4 heteroatoms. The Morgan fingerprint density at radius 3 is 2.76 bits per heavy atom. The molecule has 1 N–H and O–H groups in total. The molecular weight excluding hydrogens is 216 g/mol. The monoisotopic (exact) mass is 228 g/mol. The Bertz CT molecular complexity index is 498. The number of nitrogens with zero attached hydrogens (tertiary/aromatic N) is 2. The van der Waals surface area contributed by atoms with Crippen LogP contribution in [-0.2, 0) is 11.4 Å². The molecule has 86 valence electrons. The van der Waals surface area contributed by atoms with E-state index in [9.17, 15) is 5.11 Å². The second-order valence-corrected chi connectivity index (χ2v) is 3.40. The van der Waals surface area contributed by atoms with E-state index in [0.717, 1.165) is 5.56 Å². The molecular formula is C13H12N2O2. The van der Waals surface area contributed by atoms with E-state index in [1.807, 2.05) is 30.3 Å². The lowest BCUT2D eigenvalue weighted by atomic mass is 10.2. The van der Waals surface area contributed by atoms with Crippen molar-refractivity contribution in [1.29, 1.82) is 0 Å². The first kappa shape index (κ1) is 11.1. The van der Waals surface area contributed by atoms with Crippen molar-refractivity contribution in [2.45, 2.75) is 6.61 Å². The van der Waals surface area contributed by atoms with Gasteiger partial charge < -0.3 is 9.94 Å². The van der Waals surface area contributed by atoms with Gasteiger partial charge in [-0.25, -0.2) is 0 Å². The number of aromatic hydroxyl groups is 1. The molecule has 0 aliphatic rings. The fraction of sp³-hybridized carbons (Fsp3) is 0.0769. The maximum atomic E-state index is 9.42. The van der Waals surface area contributed by atoms with Crippen molar-refractivity contribution in [2.75, 3.05) is 0 Å². The standard InChI is InChI=1S/C13H12N2O2/c16-13-7-4-8-14-12(13)9-15-17-10-11-5-2-1-3-6-11/h1-9,16H,10H2. The smallest absolute Gasteiger partial charge is 0.142 e. The van der Waals surface area contributed by atoms with Gasteiger partial charge in [-0.2, -0.15) is 0 Å². The first-order chi connectivity index (χ1) is 8.36. The van der Waals surface area contributed by atoms with Gasteiger partial charge in [-0.3, -0.25) is 4.98 Å². The van der Waals surface area contributed by atoms with Crippen LogP contribution in [0.2, 0.25) is 0 Å². The molecule has 0 bridgehead atoms. The minimum atomic E-state index is 0.0829. The summed E-state index contributed by atoms with van der Waals surface area (Å²) in [6.07, 6.45) is 2.97. The highest BCUT2D eigenvalue weighted by atomic mass is 16.6. The maximum Gasteiger partial charge on any atom is 0.142 e. The lowest BCUT2D eigenvalue weighted by Crippen LogP contribution is -1.90. The Labute approximate surface area is 99.2 Å². The topological polar surface area (TPSA) is 54.7 Å². The van der Waals surface area contributed by atoms with Crippen molar-refractivity contribution in [3.8, 4) is 5.75 Å². The van der Waals surface area contributed by atoms with Gasteiger partial charge in [0.1, 0.15) is 18.1 Å². The summed E-state index contributed by atoms with van der Waals surface area (Å²) >= 11 is 0. The highest BCUT2D eigenvalue weighted by molar-refractivity contribution is 5.79. The summed E-state index contributed by atoms with van der Waals surface area (Å²) < 4.78 is 0. The van der Waals surface area contributed by atoms with E-state index in [4.69, 9.17) is 4.84 Å². The Kier molecular flexibility index (Phi) is 3.70. The summed E-state index contributed by atoms with van der Waals surface area (Å²) in [5.74, 6) is 0.0829. The first-order valence-corrected chi connectivity index (χ1v) is 5.19. The molecule has 2 aromatic rings. The fourth-order valence-corrected chi connectivity index (χ4v) is 1.28. The minimum Gasteiger partial charge on any atom is -0.506 e. The van der Waals surface area contributed by atoms with Crippen molar-refractivity contribution in [2.24, 2.45) is 5.16 Å². The molecule has 0 amide bonds. The van der Waals surface area contributed by atoms with Crippen LogP contribution in [0, 0.1) is 0 Å². The van der Waals surface area contributed by atoms with Crippen LogP contribution in [0.4, 0.5) is 0 Å². The lowest BCUT2D eigenvalue weighted by Gasteiger charge is -1.99. The van der Waals surface area contributed by atoms with E-state index in [1.54, 1.807) is 18.3 Å². The van der Waals surface area contributed by atoms with Crippen molar-refractivity contribution >= 4 is 6.21 Å². The van der Waals surface area contributed by atoms with E-state index in [-0.39, 0.29) is 5.75 Å². The number of hydrogen-bond donors (Lipinski definition) is 1. The molecule has 0 aliphatic carbocycles. The van der Waals surface area contributed by atoms with Gasteiger partial charge in [-0.05, 0) is 17.7 Å². The summed E-state index contributed by atoms with van der Waals surface area (Å²) in [6.45, 7) is 0.394. The third-order valence-corrected chi connectivity index (χ3v) is 2.14. The molecule has 0 spiro atoms. The number of rotatable bonds is 4. The van der Waals surface area contributed by atoms with Gasteiger partial charge in [0.15, 0.2) is 0 Å². The second-order valence-electron chi connectivity index (χ2n) is 3.40. The van der Waals surface area contributed by atoms with Crippen LogP contribution in [0.5, 0.6) is 5.75 Å². The van der Waals surface area contributed by atoms with E-state index < -0.39 is 0 Å². The van der Waals surface area contributed by atoms with Crippen LogP contribution < -0.4 is 0 Å². The Morgan fingerprint density at radius 1 is 1.18 bits per heavy atom. The molecule has 0 unspecified atom stereocenters. The molecule has 1 aromatic heterocycles. The van der Waals surface area contributed by atoms with Crippen molar-refractivity contribution in [1.82, 2.24) is 4.98 Å². The predicted molar refractivity (Wildman–Crippen MR) is 64.7 cm³/mol. The van der Waals surface area contributed by atoms with Crippen molar-refractivity contribution < 1.29 is 9.94 Å². The molecule has 0 aliphatic heterocycles. The average molecular weight is 228 g/mol. The third kappa shape index (κ3) is 3.31. The average Bonchev–Trinajstić information content (AvgIpc) is 2.38. The van der Waals surface area contributed by atoms with Crippen LogP contribution in [-0.4, -0.2) is 16.3 Å². The normalized spacial score (nSPS) is 10.6. The van der Waals surface area contributed by atoms with Crippen molar-refractivity contribution in [3.63, 3.8) is 0 Å². The van der Waals surface area contributed by atoms with Gasteiger partial charge in [0.25, 0.3) is 0 Å². The van der Waals surface area contributed by atoms with Crippen LogP contribution in [0.3, 0.4) is 0 Å². The molecule has 0 atom stereocenters. The lowest BCUT2D eigenvalue weighted by molar-refractivity contribution is 0.132. The number of oxime groups is 1. The molecule has 0 radical (unpaired) electrons. The Hall–Kier alpha value is -2.36. The molecule has 0 saturated heterocycles.